The van der Waals surface area contributed by atoms with E-state index in [0.29, 0.717) is 17.4 Å². The van der Waals surface area contributed by atoms with Gasteiger partial charge < -0.3 is 18.9 Å². The zero-order valence-electron chi connectivity index (χ0n) is 64.9. The summed E-state index contributed by atoms with van der Waals surface area (Å²) in [6.07, 6.45) is 120. The first-order valence-corrected chi connectivity index (χ1v) is 42.0. The van der Waals surface area contributed by atoms with Crippen molar-refractivity contribution in [3.8, 4) is 0 Å². The number of hydrogen-bond donors (Lipinski definition) is 1. The van der Waals surface area contributed by atoms with Crippen LogP contribution >= 0.6 is 7.82 Å². The van der Waals surface area contributed by atoms with Gasteiger partial charge in [0.1, 0.15) is 19.8 Å². The van der Waals surface area contributed by atoms with Gasteiger partial charge in [-0.3, -0.25) is 18.6 Å². The van der Waals surface area contributed by atoms with Crippen molar-refractivity contribution < 1.29 is 42.1 Å². The third-order valence-electron chi connectivity index (χ3n) is 16.9. The molecule has 0 spiro atoms. The van der Waals surface area contributed by atoms with Crippen molar-refractivity contribution in [3.63, 3.8) is 0 Å². The molecule has 0 aliphatic heterocycles. The fraction of sp³-hybridized carbons (Fsp3) is 0.644. The van der Waals surface area contributed by atoms with Gasteiger partial charge in [-0.1, -0.05) is 357 Å². The summed E-state index contributed by atoms with van der Waals surface area (Å²) in [5, 5.41) is 0. The normalized spacial score (nSPS) is 14.0. The van der Waals surface area contributed by atoms with Crippen molar-refractivity contribution in [1.82, 2.24) is 0 Å². The molecular formula is C90H151NO8P+. The van der Waals surface area contributed by atoms with E-state index < -0.39 is 26.5 Å². The van der Waals surface area contributed by atoms with Crippen molar-refractivity contribution in [2.24, 2.45) is 0 Å². The smallest absolute Gasteiger partial charge is 0.462 e. The quantitative estimate of drug-likeness (QED) is 0.0211. The molecule has 0 bridgehead atoms. The summed E-state index contributed by atoms with van der Waals surface area (Å²) in [6.45, 7) is 4.21. The average Bonchev–Trinajstić information content (AvgIpc) is 1.07. The molecule has 0 aromatic carbocycles. The average molecular weight is 1410 g/mol. The fourth-order valence-corrected chi connectivity index (χ4v) is 11.6. The second-order valence-corrected chi connectivity index (χ2v) is 29.1. The number of phosphoric ester groups is 1. The molecule has 0 aliphatic rings. The molecule has 0 radical (unpaired) electrons. The first-order valence-electron chi connectivity index (χ1n) is 40.5. The Hall–Kier alpha value is -4.89. The topological polar surface area (TPSA) is 108 Å². The predicted octanol–water partition coefficient (Wildman–Crippen LogP) is 27.4. The molecular weight excluding hydrogens is 1250 g/mol. The molecule has 100 heavy (non-hydrogen) atoms. The number of carbonyl (C=O) groups excluding carboxylic acids is 2. The Labute approximate surface area is 616 Å². The number of hydrogen-bond acceptors (Lipinski definition) is 7. The maximum atomic E-state index is 12.9. The molecule has 0 aromatic heterocycles. The molecule has 10 heteroatoms. The Balaban J connectivity index is 4.02. The van der Waals surface area contributed by atoms with E-state index in [-0.39, 0.29) is 32.0 Å². The van der Waals surface area contributed by atoms with Crippen LogP contribution in [0.5, 0.6) is 0 Å². The van der Waals surface area contributed by atoms with Crippen LogP contribution in [0.3, 0.4) is 0 Å². The van der Waals surface area contributed by atoms with Crippen molar-refractivity contribution in [1.29, 1.82) is 0 Å². The SMILES string of the molecule is CC/C=C\C/C=C\C/C=C\C/C=C\C/C=C\C/C=C\C/C=C\C/C=C\C/C=C\CCCCCCCCCCCCCC(=O)OC(COC(=O)CCCCCCCCCCCCCCCCCCCC/C=C\C/C=C\C/C=C\C/C=C\C/C=C\C/C=C\CC)COP(=O)(O)OCC[N+](C)(C)C. The molecule has 0 rings (SSSR count). The molecule has 2 unspecified atom stereocenters. The van der Waals surface area contributed by atoms with Crippen LogP contribution in [-0.4, -0.2) is 74.9 Å². The summed E-state index contributed by atoms with van der Waals surface area (Å²) < 4.78 is 34.8. The Morgan fingerprint density at radius 1 is 0.310 bits per heavy atom. The number of phosphoric acid groups is 1. The molecule has 1 N–H and O–H groups in total. The van der Waals surface area contributed by atoms with Gasteiger partial charge in [-0.2, -0.15) is 0 Å². The Morgan fingerprint density at radius 2 is 0.540 bits per heavy atom. The van der Waals surface area contributed by atoms with Gasteiger partial charge in [-0.05, 0) is 135 Å². The van der Waals surface area contributed by atoms with Gasteiger partial charge in [0.2, 0.25) is 0 Å². The van der Waals surface area contributed by atoms with Gasteiger partial charge >= 0.3 is 19.8 Å². The van der Waals surface area contributed by atoms with Crippen LogP contribution in [0, 0.1) is 0 Å². The van der Waals surface area contributed by atoms with Gasteiger partial charge in [-0.15, -0.1) is 0 Å². The third kappa shape index (κ3) is 82.1. The highest BCUT2D eigenvalue weighted by atomic mass is 31.2. The molecule has 0 saturated heterocycles. The summed E-state index contributed by atoms with van der Waals surface area (Å²) in [5.41, 5.74) is 0. The number of esters is 2. The lowest BCUT2D eigenvalue weighted by molar-refractivity contribution is -0.870. The molecule has 9 nitrogen and oxygen atoms in total. The Morgan fingerprint density at radius 3 is 0.800 bits per heavy atom. The van der Waals surface area contributed by atoms with Crippen LogP contribution in [0.1, 0.15) is 322 Å². The van der Waals surface area contributed by atoms with E-state index >= 15 is 0 Å². The minimum Gasteiger partial charge on any atom is -0.462 e. The first kappa shape index (κ1) is 95.1. The maximum Gasteiger partial charge on any atom is 0.472 e. The van der Waals surface area contributed by atoms with E-state index in [1.807, 2.05) is 21.1 Å². The Bertz CT molecular complexity index is 2350. The first-order chi connectivity index (χ1) is 49.0. The maximum absolute atomic E-state index is 12.9. The highest BCUT2D eigenvalue weighted by molar-refractivity contribution is 7.47. The highest BCUT2D eigenvalue weighted by Crippen LogP contribution is 2.43. The van der Waals surface area contributed by atoms with Crippen molar-refractivity contribution >= 4 is 19.8 Å². The monoisotopic (exact) mass is 1410 g/mol. The second kappa shape index (κ2) is 78.3. The van der Waals surface area contributed by atoms with Crippen LogP contribution in [-0.2, 0) is 32.7 Å². The predicted molar refractivity (Wildman–Crippen MR) is 436 cm³/mol. The van der Waals surface area contributed by atoms with E-state index in [0.717, 1.165) is 141 Å². The number of ether oxygens (including phenoxy) is 2. The minimum absolute atomic E-state index is 0.0247. The largest absolute Gasteiger partial charge is 0.472 e. The highest BCUT2D eigenvalue weighted by Gasteiger charge is 2.27. The molecule has 0 amide bonds. The van der Waals surface area contributed by atoms with Crippen LogP contribution < -0.4 is 0 Å². The number of rotatable bonds is 73. The van der Waals surface area contributed by atoms with E-state index in [1.54, 1.807) is 0 Å². The van der Waals surface area contributed by atoms with E-state index in [9.17, 15) is 19.0 Å². The lowest BCUT2D eigenvalue weighted by Crippen LogP contribution is -2.37. The molecule has 0 aliphatic carbocycles. The Kier molecular flexibility index (Phi) is 74.4. The number of quaternary nitrogens is 1. The van der Waals surface area contributed by atoms with Crippen molar-refractivity contribution in [2.75, 3.05) is 47.5 Å². The van der Waals surface area contributed by atoms with Gasteiger partial charge in [0, 0.05) is 12.8 Å². The second-order valence-electron chi connectivity index (χ2n) is 27.7. The molecule has 0 aromatic rings. The van der Waals surface area contributed by atoms with Gasteiger partial charge in [0.15, 0.2) is 6.10 Å². The number of unbranched alkanes of at least 4 members (excludes halogenated alkanes) is 29. The van der Waals surface area contributed by atoms with Crippen molar-refractivity contribution in [2.45, 2.75) is 328 Å². The summed E-state index contributed by atoms with van der Waals surface area (Å²) in [6, 6.07) is 0. The minimum atomic E-state index is -4.41. The molecule has 0 fully saturated rings. The fourth-order valence-electron chi connectivity index (χ4n) is 10.8. The van der Waals surface area contributed by atoms with Gasteiger partial charge in [0.25, 0.3) is 0 Å². The summed E-state index contributed by atoms with van der Waals surface area (Å²) >= 11 is 0. The lowest BCUT2D eigenvalue weighted by Gasteiger charge is -2.24. The van der Waals surface area contributed by atoms with Crippen LogP contribution in [0.4, 0.5) is 0 Å². The number of likely N-dealkylation sites (N-methyl/N-ethyl adjacent to an activating group) is 1. The molecule has 2 atom stereocenters. The number of nitrogens with zero attached hydrogens (tertiary/aromatic N) is 1. The van der Waals surface area contributed by atoms with Crippen LogP contribution in [0.15, 0.2) is 182 Å². The molecule has 568 valence electrons. The summed E-state index contributed by atoms with van der Waals surface area (Å²) in [5.74, 6) is -0.800. The third-order valence-corrected chi connectivity index (χ3v) is 17.9. The van der Waals surface area contributed by atoms with E-state index in [1.165, 1.54) is 148 Å². The van der Waals surface area contributed by atoms with Crippen molar-refractivity contribution in [3.05, 3.63) is 182 Å². The number of carbonyl (C=O) groups is 2. The van der Waals surface area contributed by atoms with Gasteiger partial charge in [0.05, 0.1) is 27.7 Å². The lowest BCUT2D eigenvalue weighted by atomic mass is 10.0. The van der Waals surface area contributed by atoms with E-state index in [2.05, 4.69) is 196 Å². The van der Waals surface area contributed by atoms with Gasteiger partial charge in [-0.25, -0.2) is 4.57 Å². The molecule has 0 heterocycles. The zero-order chi connectivity index (χ0) is 72.5. The zero-order valence-corrected chi connectivity index (χ0v) is 65.8. The van der Waals surface area contributed by atoms with Crippen LogP contribution in [0.25, 0.3) is 0 Å². The molecule has 0 saturated carbocycles. The summed E-state index contributed by atoms with van der Waals surface area (Å²) in [4.78, 5) is 36.0. The van der Waals surface area contributed by atoms with Crippen LogP contribution in [0.2, 0.25) is 0 Å². The number of allylic oxidation sites excluding steroid dienone is 30. The summed E-state index contributed by atoms with van der Waals surface area (Å²) in [7, 11) is 1.47. The van der Waals surface area contributed by atoms with E-state index in [4.69, 9.17) is 18.5 Å². The standard InChI is InChI=1S/C90H150NO8P/c1-6-8-10-12-14-16-18-20-22-24-26-28-30-32-34-36-38-40-42-44-45-47-49-51-53-55-57-59-61-63-65-67-69-71-73-75-77-79-81-83-90(93)99-88(87-98-100(94,95)97-85-84-91(3,4)5)86-96-89(92)82-80-78-76-74-72-70-68-66-64-62-60-58-56-54-52-50-48-46-43-41-39-37-35-33-31-29-27-25-23-21-19-17-15-13-11-9-7-2/h8-11,14-17,20-23,26-29,32-35,38-41,44-45,49,51,55,57,88H,6-7,12-13,18-19,24-25,30-31,36-37,42-43,46-48,50,52-54,56,58-87H2,1-5H3/p+1/b10-8-,11-9-,16-14-,17-15-,22-20-,23-21-,28-26-,29-27-,34-32-,35-33-,40-38-,41-39-,45-44-,51-49-,57-55-.